The maximum atomic E-state index is 6.13. The summed E-state index contributed by atoms with van der Waals surface area (Å²) in [4.78, 5) is 12.3. The van der Waals surface area contributed by atoms with Crippen LogP contribution in [0.15, 0.2) is 72.0 Å². The van der Waals surface area contributed by atoms with Crippen molar-refractivity contribution in [2.75, 3.05) is 52.5 Å². The first kappa shape index (κ1) is 28.6. The molecular weight excluding hydrogens is 512 g/mol. The molecule has 0 amide bonds. The predicted molar refractivity (Wildman–Crippen MR) is 156 cm³/mol. The Balaban J connectivity index is 0.00000176. The largest absolute Gasteiger partial charge is 0.369 e. The van der Waals surface area contributed by atoms with Gasteiger partial charge in [-0.25, -0.2) is 0 Å². The molecule has 3 heterocycles. The van der Waals surface area contributed by atoms with Gasteiger partial charge in [0.05, 0.1) is 19.0 Å². The molecule has 1 atom stereocenters. The summed E-state index contributed by atoms with van der Waals surface area (Å²) in [5.74, 6) is 0.467. The molecule has 4 rings (SSSR count). The van der Waals surface area contributed by atoms with Gasteiger partial charge in [0.2, 0.25) is 0 Å². The van der Waals surface area contributed by atoms with Crippen molar-refractivity contribution in [3.63, 3.8) is 0 Å². The van der Waals surface area contributed by atoms with Crippen molar-refractivity contribution in [2.45, 2.75) is 39.7 Å². The van der Waals surface area contributed by atoms with Gasteiger partial charge in [-0.2, -0.15) is 0 Å². The fourth-order valence-corrected chi connectivity index (χ4v) is 5.26. The average molecular weight is 556 g/mol. The molecule has 36 heavy (non-hydrogen) atoms. The van der Waals surface area contributed by atoms with Gasteiger partial charge in [-0.3, -0.25) is 14.8 Å². The number of ether oxygens (including phenoxy) is 1. The van der Waals surface area contributed by atoms with E-state index < -0.39 is 0 Å². The minimum atomic E-state index is 0.467. The van der Waals surface area contributed by atoms with Gasteiger partial charge < -0.3 is 9.64 Å². The highest BCUT2D eigenvalue weighted by atomic mass is 79.9. The maximum absolute atomic E-state index is 6.13. The Hall–Kier alpha value is -1.99. The van der Waals surface area contributed by atoms with Crippen molar-refractivity contribution < 1.29 is 4.74 Å². The lowest BCUT2D eigenvalue weighted by atomic mass is 9.98. The van der Waals surface area contributed by atoms with Gasteiger partial charge in [0.1, 0.15) is 0 Å². The van der Waals surface area contributed by atoms with Crippen LogP contribution >= 0.6 is 15.9 Å². The summed E-state index contributed by atoms with van der Waals surface area (Å²) in [5, 5.41) is 0. The van der Waals surface area contributed by atoms with E-state index in [-0.39, 0.29) is 0 Å². The second-order valence-corrected chi connectivity index (χ2v) is 10.7. The number of pyridine rings is 1. The molecule has 1 aliphatic carbocycles. The third-order valence-electron chi connectivity index (χ3n) is 6.78. The van der Waals surface area contributed by atoms with Crippen LogP contribution in [0.2, 0.25) is 0 Å². The van der Waals surface area contributed by atoms with E-state index in [4.69, 9.17) is 9.72 Å². The highest BCUT2D eigenvalue weighted by Crippen LogP contribution is 2.25. The summed E-state index contributed by atoms with van der Waals surface area (Å²) in [7, 11) is 0. The third-order valence-corrected chi connectivity index (χ3v) is 7.36. The quantitative estimate of drug-likeness (QED) is 0.389. The molecule has 1 fully saturated rings. The molecule has 1 saturated heterocycles. The molecule has 0 aromatic carbocycles. The number of fused-ring (bicyclic) bond motifs is 1. The third kappa shape index (κ3) is 8.55. The van der Waals surface area contributed by atoms with E-state index in [1.54, 1.807) is 0 Å². The van der Waals surface area contributed by atoms with Crippen molar-refractivity contribution in [1.82, 2.24) is 19.7 Å². The molecule has 1 aromatic rings. The molecule has 3 aliphatic rings. The van der Waals surface area contributed by atoms with Crippen molar-refractivity contribution in [2.24, 2.45) is 5.92 Å². The van der Waals surface area contributed by atoms with E-state index in [0.717, 1.165) is 57.9 Å². The topological polar surface area (TPSA) is 31.8 Å². The van der Waals surface area contributed by atoms with Crippen LogP contribution in [0, 0.1) is 5.92 Å². The van der Waals surface area contributed by atoms with Crippen LogP contribution in [0.25, 0.3) is 5.57 Å². The van der Waals surface area contributed by atoms with Gasteiger partial charge in [-0.15, -0.1) is 13.2 Å². The SMILES string of the molecule is C=C.CCCCN1COCc2ncccc2/C(CN2CCN(C3=CC=C(Br)CC=C3)CC2)=C\C(C)C1. The van der Waals surface area contributed by atoms with Gasteiger partial charge in [0, 0.05) is 63.3 Å². The van der Waals surface area contributed by atoms with Crippen LogP contribution in [-0.2, 0) is 11.3 Å². The summed E-state index contributed by atoms with van der Waals surface area (Å²) >= 11 is 3.63. The lowest BCUT2D eigenvalue weighted by molar-refractivity contribution is 0.0122. The lowest BCUT2D eigenvalue weighted by Crippen LogP contribution is -2.46. The molecule has 0 spiro atoms. The number of hydrogen-bond acceptors (Lipinski definition) is 5. The Bertz CT molecular complexity index is 946. The second-order valence-electron chi connectivity index (χ2n) is 9.65. The molecule has 0 saturated carbocycles. The fourth-order valence-electron chi connectivity index (χ4n) is 4.95. The Kier molecular flexibility index (Phi) is 12.2. The molecule has 0 radical (unpaired) electrons. The highest BCUT2D eigenvalue weighted by molar-refractivity contribution is 9.11. The fraction of sp³-hybridized carbons (Fsp3) is 0.500. The second kappa shape index (κ2) is 15.3. The highest BCUT2D eigenvalue weighted by Gasteiger charge is 2.22. The van der Waals surface area contributed by atoms with E-state index >= 15 is 0 Å². The van der Waals surface area contributed by atoms with Gasteiger partial charge in [-0.05, 0) is 53.1 Å². The zero-order chi connectivity index (χ0) is 25.8. The summed E-state index contributed by atoms with van der Waals surface area (Å²) in [6, 6.07) is 4.29. The van der Waals surface area contributed by atoms with E-state index in [1.165, 1.54) is 34.2 Å². The molecule has 5 nitrogen and oxygen atoms in total. The Morgan fingerprint density at radius 2 is 1.94 bits per heavy atom. The monoisotopic (exact) mass is 554 g/mol. The van der Waals surface area contributed by atoms with Crippen molar-refractivity contribution in [3.8, 4) is 0 Å². The zero-order valence-electron chi connectivity index (χ0n) is 22.2. The Labute approximate surface area is 227 Å². The summed E-state index contributed by atoms with van der Waals surface area (Å²) < 4.78 is 7.36. The molecule has 0 bridgehead atoms. The number of piperazine rings is 1. The average Bonchev–Trinajstić information content (AvgIpc) is 3.13. The minimum absolute atomic E-state index is 0.467. The Morgan fingerprint density at radius 1 is 1.14 bits per heavy atom. The van der Waals surface area contributed by atoms with Crippen molar-refractivity contribution >= 4 is 21.5 Å². The first-order valence-corrected chi connectivity index (χ1v) is 14.1. The van der Waals surface area contributed by atoms with Crippen LogP contribution in [0.1, 0.15) is 44.4 Å². The molecule has 0 N–H and O–H groups in total. The van der Waals surface area contributed by atoms with Crippen LogP contribution in [0.4, 0.5) is 0 Å². The normalized spacial score (nSPS) is 23.2. The standard InChI is InChI=1S/C28H39BrN4O.C2H4/c1-3-4-13-32-19-23(2)18-24(27-9-6-12-30-28(27)21-34-22-32)20-31-14-16-33(17-15-31)26-8-5-7-25(29)10-11-26;1-2/h5-6,8-12,18,23H,3-4,7,13-17,19-22H2,1-2H3;1-2H2/b24-18-;. The van der Waals surface area contributed by atoms with Crippen LogP contribution in [0.3, 0.4) is 0 Å². The van der Waals surface area contributed by atoms with Gasteiger partial charge in [0.15, 0.2) is 0 Å². The number of rotatable bonds is 6. The maximum Gasteiger partial charge on any atom is 0.0995 e. The smallest absolute Gasteiger partial charge is 0.0995 e. The number of hydrogen-bond donors (Lipinski definition) is 0. The number of halogens is 1. The Morgan fingerprint density at radius 3 is 2.72 bits per heavy atom. The van der Waals surface area contributed by atoms with Crippen molar-refractivity contribution in [3.05, 3.63) is 83.3 Å². The molecule has 196 valence electrons. The van der Waals surface area contributed by atoms with E-state index in [1.807, 2.05) is 6.20 Å². The predicted octanol–water partition coefficient (Wildman–Crippen LogP) is 6.23. The van der Waals surface area contributed by atoms with E-state index in [9.17, 15) is 0 Å². The molecule has 6 heteroatoms. The number of allylic oxidation sites excluding steroid dienone is 5. The van der Waals surface area contributed by atoms with Crippen LogP contribution in [0.5, 0.6) is 0 Å². The summed E-state index contributed by atoms with van der Waals surface area (Å²) in [6.45, 7) is 19.2. The van der Waals surface area contributed by atoms with Crippen LogP contribution < -0.4 is 0 Å². The molecule has 2 aliphatic heterocycles. The van der Waals surface area contributed by atoms with E-state index in [2.05, 4.69) is 100 Å². The molecular formula is C30H43BrN4O. The summed E-state index contributed by atoms with van der Waals surface area (Å²) in [5.41, 5.74) is 5.02. The van der Waals surface area contributed by atoms with Gasteiger partial charge in [0.25, 0.3) is 0 Å². The lowest BCUT2D eigenvalue weighted by Gasteiger charge is -2.37. The van der Waals surface area contributed by atoms with Crippen LogP contribution in [-0.4, -0.2) is 72.2 Å². The summed E-state index contributed by atoms with van der Waals surface area (Å²) in [6.07, 6.45) is 16.7. The molecule has 1 aromatic heterocycles. The van der Waals surface area contributed by atoms with Gasteiger partial charge >= 0.3 is 0 Å². The van der Waals surface area contributed by atoms with E-state index in [0.29, 0.717) is 19.3 Å². The number of aromatic nitrogens is 1. The molecule has 1 unspecified atom stereocenters. The first-order valence-electron chi connectivity index (χ1n) is 13.3. The number of unbranched alkanes of at least 4 members (excludes halogenated alkanes) is 1. The number of nitrogens with zero attached hydrogens (tertiary/aromatic N) is 4. The minimum Gasteiger partial charge on any atom is -0.369 e. The zero-order valence-corrected chi connectivity index (χ0v) is 23.8. The van der Waals surface area contributed by atoms with Gasteiger partial charge in [-0.1, -0.05) is 54.4 Å². The first-order chi connectivity index (χ1) is 17.6. The van der Waals surface area contributed by atoms with Crippen molar-refractivity contribution in [1.29, 1.82) is 0 Å².